The highest BCUT2D eigenvalue weighted by Gasteiger charge is 2.09. The molecule has 96 valence electrons. The molecular weight excluding hydrogens is 212 g/mol. The minimum atomic E-state index is 0.108. The highest BCUT2D eigenvalue weighted by atomic mass is 16.5. The van der Waals surface area contributed by atoms with Crippen molar-refractivity contribution in [2.75, 3.05) is 6.61 Å². The van der Waals surface area contributed by atoms with Gasteiger partial charge in [-0.1, -0.05) is 19.9 Å². The number of nitrogens with one attached hydrogen (secondary N) is 1. The zero-order chi connectivity index (χ0) is 12.9. The Balaban J connectivity index is 2.54. The topological polar surface area (TPSA) is 34.1 Å². The van der Waals surface area contributed by atoms with E-state index in [-0.39, 0.29) is 5.54 Å². The fraction of sp³-hybridized carbons (Fsp3) is 0.643. The molecule has 0 fully saturated rings. The summed E-state index contributed by atoms with van der Waals surface area (Å²) in [5.74, 6) is 1.24. The van der Waals surface area contributed by atoms with Crippen LogP contribution < -0.4 is 10.1 Å². The second kappa shape index (κ2) is 6.01. The molecule has 1 rings (SSSR count). The third-order valence-corrected chi connectivity index (χ3v) is 2.15. The molecule has 1 heterocycles. The second-order valence-corrected chi connectivity index (χ2v) is 5.78. The third-order valence-electron chi connectivity index (χ3n) is 2.15. The Morgan fingerprint density at radius 3 is 2.59 bits per heavy atom. The number of pyridine rings is 1. The van der Waals surface area contributed by atoms with Crippen LogP contribution in [0.4, 0.5) is 0 Å². The van der Waals surface area contributed by atoms with Crippen molar-refractivity contribution in [1.82, 2.24) is 10.3 Å². The standard InChI is InChI=1S/C14H24N2O/c1-11(2)10-17-13-8-6-7-12(16-13)9-15-14(3,4)5/h6-8,11,15H,9-10H2,1-5H3. The van der Waals surface area contributed by atoms with Crippen molar-refractivity contribution >= 4 is 0 Å². The summed E-state index contributed by atoms with van der Waals surface area (Å²) < 4.78 is 5.60. The summed E-state index contributed by atoms with van der Waals surface area (Å²) in [5, 5.41) is 3.41. The molecular formula is C14H24N2O. The normalized spacial score (nSPS) is 11.9. The van der Waals surface area contributed by atoms with E-state index >= 15 is 0 Å². The predicted molar refractivity (Wildman–Crippen MR) is 71.2 cm³/mol. The fourth-order valence-electron chi connectivity index (χ4n) is 1.24. The van der Waals surface area contributed by atoms with Crippen LogP contribution in [0.15, 0.2) is 18.2 Å². The quantitative estimate of drug-likeness (QED) is 0.853. The van der Waals surface area contributed by atoms with Crippen LogP contribution in [-0.4, -0.2) is 17.1 Å². The van der Waals surface area contributed by atoms with Crippen LogP contribution in [0.2, 0.25) is 0 Å². The second-order valence-electron chi connectivity index (χ2n) is 5.78. The minimum absolute atomic E-state index is 0.108. The molecule has 0 spiro atoms. The Bertz CT molecular complexity index is 342. The Labute approximate surface area is 105 Å². The summed E-state index contributed by atoms with van der Waals surface area (Å²) >= 11 is 0. The number of hydrogen-bond donors (Lipinski definition) is 1. The lowest BCUT2D eigenvalue weighted by Crippen LogP contribution is -2.35. The van der Waals surface area contributed by atoms with Crippen LogP contribution in [-0.2, 0) is 6.54 Å². The van der Waals surface area contributed by atoms with E-state index in [0.717, 1.165) is 12.2 Å². The van der Waals surface area contributed by atoms with Gasteiger partial charge in [-0.3, -0.25) is 0 Å². The number of hydrogen-bond acceptors (Lipinski definition) is 3. The Hall–Kier alpha value is -1.09. The molecule has 0 amide bonds. The van der Waals surface area contributed by atoms with E-state index in [0.29, 0.717) is 18.4 Å². The van der Waals surface area contributed by atoms with Gasteiger partial charge in [-0.05, 0) is 32.8 Å². The molecule has 3 heteroatoms. The van der Waals surface area contributed by atoms with E-state index in [1.54, 1.807) is 0 Å². The van der Waals surface area contributed by atoms with Crippen LogP contribution in [0.1, 0.15) is 40.3 Å². The Kier molecular flexibility index (Phi) is 4.94. The first-order chi connectivity index (χ1) is 7.87. The van der Waals surface area contributed by atoms with Crippen LogP contribution in [0.3, 0.4) is 0 Å². The van der Waals surface area contributed by atoms with Gasteiger partial charge in [-0.25, -0.2) is 4.98 Å². The van der Waals surface area contributed by atoms with Gasteiger partial charge in [0, 0.05) is 18.2 Å². The van der Waals surface area contributed by atoms with E-state index in [4.69, 9.17) is 4.74 Å². The average Bonchev–Trinajstić information content (AvgIpc) is 2.23. The Morgan fingerprint density at radius 2 is 2.00 bits per heavy atom. The molecule has 0 aromatic carbocycles. The summed E-state index contributed by atoms with van der Waals surface area (Å²) in [4.78, 5) is 4.46. The van der Waals surface area contributed by atoms with Gasteiger partial charge >= 0.3 is 0 Å². The molecule has 0 atom stereocenters. The van der Waals surface area contributed by atoms with Gasteiger partial charge in [0.05, 0.1) is 12.3 Å². The van der Waals surface area contributed by atoms with E-state index in [2.05, 4.69) is 44.9 Å². The van der Waals surface area contributed by atoms with Crippen molar-refractivity contribution < 1.29 is 4.74 Å². The first-order valence-electron chi connectivity index (χ1n) is 6.20. The lowest BCUT2D eigenvalue weighted by Gasteiger charge is -2.20. The first-order valence-corrected chi connectivity index (χ1v) is 6.20. The predicted octanol–water partition coefficient (Wildman–Crippen LogP) is 3.00. The number of rotatable bonds is 5. The summed E-state index contributed by atoms with van der Waals surface area (Å²) in [6.07, 6.45) is 0. The molecule has 0 unspecified atom stereocenters. The molecule has 0 bridgehead atoms. The average molecular weight is 236 g/mol. The SMILES string of the molecule is CC(C)COc1cccc(CNC(C)(C)C)n1. The summed E-state index contributed by atoms with van der Waals surface area (Å²) in [5.41, 5.74) is 1.12. The zero-order valence-electron chi connectivity index (χ0n) is 11.6. The summed E-state index contributed by atoms with van der Waals surface area (Å²) in [7, 11) is 0. The minimum Gasteiger partial charge on any atom is -0.477 e. The maximum atomic E-state index is 5.60. The molecule has 0 aliphatic carbocycles. The lowest BCUT2D eigenvalue weighted by atomic mass is 10.1. The number of ether oxygens (including phenoxy) is 1. The molecule has 0 aliphatic rings. The van der Waals surface area contributed by atoms with E-state index < -0.39 is 0 Å². The lowest BCUT2D eigenvalue weighted by molar-refractivity contribution is 0.260. The summed E-state index contributed by atoms with van der Waals surface area (Å²) in [6.45, 7) is 12.2. The monoisotopic (exact) mass is 236 g/mol. The van der Waals surface area contributed by atoms with E-state index in [1.165, 1.54) is 0 Å². The molecule has 0 saturated carbocycles. The third kappa shape index (κ3) is 6.27. The molecule has 0 saturated heterocycles. The van der Waals surface area contributed by atoms with Crippen molar-refractivity contribution in [1.29, 1.82) is 0 Å². The van der Waals surface area contributed by atoms with Gasteiger partial charge < -0.3 is 10.1 Å². The highest BCUT2D eigenvalue weighted by Crippen LogP contribution is 2.10. The zero-order valence-corrected chi connectivity index (χ0v) is 11.6. The van der Waals surface area contributed by atoms with Crippen LogP contribution in [0.25, 0.3) is 0 Å². The van der Waals surface area contributed by atoms with Crippen LogP contribution >= 0.6 is 0 Å². The van der Waals surface area contributed by atoms with Crippen molar-refractivity contribution in [2.24, 2.45) is 5.92 Å². The smallest absolute Gasteiger partial charge is 0.213 e. The van der Waals surface area contributed by atoms with Gasteiger partial charge in [0.25, 0.3) is 0 Å². The van der Waals surface area contributed by atoms with Crippen molar-refractivity contribution in [3.05, 3.63) is 23.9 Å². The molecule has 1 aromatic rings. The first kappa shape index (κ1) is 14.0. The van der Waals surface area contributed by atoms with Gasteiger partial charge in [0.1, 0.15) is 0 Å². The van der Waals surface area contributed by atoms with Gasteiger partial charge in [0.2, 0.25) is 5.88 Å². The highest BCUT2D eigenvalue weighted by molar-refractivity contribution is 5.15. The van der Waals surface area contributed by atoms with Crippen LogP contribution in [0, 0.1) is 5.92 Å². The summed E-state index contributed by atoms with van der Waals surface area (Å²) in [6, 6.07) is 5.91. The Morgan fingerprint density at radius 1 is 1.29 bits per heavy atom. The van der Waals surface area contributed by atoms with Crippen LogP contribution in [0.5, 0.6) is 5.88 Å². The fourth-order valence-corrected chi connectivity index (χ4v) is 1.24. The maximum absolute atomic E-state index is 5.60. The van der Waals surface area contributed by atoms with E-state index in [9.17, 15) is 0 Å². The molecule has 3 nitrogen and oxygen atoms in total. The maximum Gasteiger partial charge on any atom is 0.213 e. The molecule has 0 aliphatic heterocycles. The van der Waals surface area contributed by atoms with Gasteiger partial charge in [0.15, 0.2) is 0 Å². The van der Waals surface area contributed by atoms with Gasteiger partial charge in [-0.2, -0.15) is 0 Å². The van der Waals surface area contributed by atoms with Gasteiger partial charge in [-0.15, -0.1) is 0 Å². The van der Waals surface area contributed by atoms with Crippen molar-refractivity contribution in [3.8, 4) is 5.88 Å². The molecule has 1 N–H and O–H groups in total. The molecule has 1 aromatic heterocycles. The van der Waals surface area contributed by atoms with E-state index in [1.807, 2.05) is 18.2 Å². The number of aromatic nitrogens is 1. The van der Waals surface area contributed by atoms with Crippen molar-refractivity contribution in [2.45, 2.75) is 46.7 Å². The largest absolute Gasteiger partial charge is 0.477 e. The van der Waals surface area contributed by atoms with Crippen molar-refractivity contribution in [3.63, 3.8) is 0 Å². The molecule has 0 radical (unpaired) electrons. The molecule has 17 heavy (non-hydrogen) atoms. The number of nitrogens with zero attached hydrogens (tertiary/aromatic N) is 1.